The maximum Gasteiger partial charge on any atom is 0.232 e. The van der Waals surface area contributed by atoms with Crippen LogP contribution in [0.25, 0.3) is 21.7 Å². The number of aromatic nitrogens is 1. The molecule has 0 fully saturated rings. The van der Waals surface area contributed by atoms with Crippen LogP contribution in [-0.4, -0.2) is 12.1 Å². The van der Waals surface area contributed by atoms with E-state index in [2.05, 4.69) is 27.0 Å². The quantitative estimate of drug-likeness (QED) is 0.642. The maximum atomic E-state index is 9.46. The highest BCUT2D eigenvalue weighted by molar-refractivity contribution is 9.10. The molecule has 0 atom stereocenters. The lowest BCUT2D eigenvalue weighted by molar-refractivity contribution is 0.397. The van der Waals surface area contributed by atoms with Crippen molar-refractivity contribution in [3.05, 3.63) is 57.9 Å². The SMILES string of the molecule is COc1nc(-c2ccc(Br)cc2)cc(-c2cccs2)c1C#N. The molecule has 0 bridgehead atoms. The van der Waals surface area contributed by atoms with Crippen LogP contribution in [0.5, 0.6) is 5.88 Å². The lowest BCUT2D eigenvalue weighted by Gasteiger charge is -2.10. The van der Waals surface area contributed by atoms with E-state index in [-0.39, 0.29) is 0 Å². The molecule has 108 valence electrons. The van der Waals surface area contributed by atoms with Crippen LogP contribution in [0, 0.1) is 11.3 Å². The van der Waals surface area contributed by atoms with E-state index in [0.717, 1.165) is 26.2 Å². The summed E-state index contributed by atoms with van der Waals surface area (Å²) in [7, 11) is 1.53. The predicted octanol–water partition coefficient (Wildman–Crippen LogP) is 5.12. The molecule has 2 heterocycles. The standard InChI is InChI=1S/C17H11BrN2OS/c1-21-17-14(10-19)13(16-3-2-8-22-16)9-15(20-17)11-4-6-12(18)7-5-11/h2-9H,1H3. The third kappa shape index (κ3) is 2.76. The number of nitriles is 1. The Kier molecular flexibility index (Phi) is 4.23. The zero-order valence-corrected chi connectivity index (χ0v) is 14.1. The lowest BCUT2D eigenvalue weighted by atomic mass is 10.0. The van der Waals surface area contributed by atoms with Gasteiger partial charge in [-0.15, -0.1) is 11.3 Å². The molecule has 3 rings (SSSR count). The molecule has 0 amide bonds. The van der Waals surface area contributed by atoms with Gasteiger partial charge >= 0.3 is 0 Å². The van der Waals surface area contributed by atoms with Crippen molar-refractivity contribution in [2.75, 3.05) is 7.11 Å². The van der Waals surface area contributed by atoms with Crippen molar-refractivity contribution >= 4 is 27.3 Å². The number of nitrogens with zero attached hydrogens (tertiary/aromatic N) is 2. The van der Waals surface area contributed by atoms with Crippen molar-refractivity contribution in [1.82, 2.24) is 4.98 Å². The van der Waals surface area contributed by atoms with E-state index in [0.29, 0.717) is 11.4 Å². The molecular formula is C17H11BrN2OS. The number of ether oxygens (including phenoxy) is 1. The first-order valence-electron chi connectivity index (χ1n) is 6.52. The monoisotopic (exact) mass is 370 g/mol. The minimum Gasteiger partial charge on any atom is -0.480 e. The highest BCUT2D eigenvalue weighted by Gasteiger charge is 2.16. The fourth-order valence-corrected chi connectivity index (χ4v) is 3.19. The third-order valence-corrected chi connectivity index (χ3v) is 4.65. The topological polar surface area (TPSA) is 45.9 Å². The molecule has 0 N–H and O–H groups in total. The fraction of sp³-hybridized carbons (Fsp3) is 0.0588. The van der Waals surface area contributed by atoms with Crippen LogP contribution in [0.15, 0.2) is 52.3 Å². The molecule has 0 unspecified atom stereocenters. The number of methoxy groups -OCH3 is 1. The number of halogens is 1. The first-order valence-corrected chi connectivity index (χ1v) is 8.19. The summed E-state index contributed by atoms with van der Waals surface area (Å²) in [6.07, 6.45) is 0. The van der Waals surface area contributed by atoms with Gasteiger partial charge in [-0.1, -0.05) is 34.1 Å². The minimum atomic E-state index is 0.353. The van der Waals surface area contributed by atoms with Crippen molar-refractivity contribution in [2.24, 2.45) is 0 Å². The second-order valence-electron chi connectivity index (χ2n) is 4.54. The normalized spacial score (nSPS) is 10.2. The summed E-state index contributed by atoms with van der Waals surface area (Å²) in [6, 6.07) is 16.0. The van der Waals surface area contributed by atoms with Crippen molar-refractivity contribution in [2.45, 2.75) is 0 Å². The first-order chi connectivity index (χ1) is 10.7. The minimum absolute atomic E-state index is 0.353. The molecule has 2 aromatic heterocycles. The van der Waals surface area contributed by atoms with E-state index in [9.17, 15) is 5.26 Å². The second kappa shape index (κ2) is 6.30. The Hall–Kier alpha value is -2.16. The average molecular weight is 371 g/mol. The molecular weight excluding hydrogens is 360 g/mol. The van der Waals surface area contributed by atoms with E-state index >= 15 is 0 Å². The van der Waals surface area contributed by atoms with Crippen molar-refractivity contribution < 1.29 is 4.74 Å². The number of hydrogen-bond acceptors (Lipinski definition) is 4. The molecule has 5 heteroatoms. The Labute approximate surface area is 141 Å². The van der Waals surface area contributed by atoms with Crippen molar-refractivity contribution in [1.29, 1.82) is 5.26 Å². The Morgan fingerprint density at radius 2 is 2.00 bits per heavy atom. The van der Waals surface area contributed by atoms with Crippen LogP contribution in [0.2, 0.25) is 0 Å². The summed E-state index contributed by atoms with van der Waals surface area (Å²) < 4.78 is 6.33. The molecule has 3 nitrogen and oxygen atoms in total. The lowest BCUT2D eigenvalue weighted by Crippen LogP contribution is -1.97. The predicted molar refractivity (Wildman–Crippen MR) is 92.0 cm³/mol. The van der Waals surface area contributed by atoms with Gasteiger partial charge in [-0.25, -0.2) is 4.98 Å². The smallest absolute Gasteiger partial charge is 0.232 e. The number of rotatable bonds is 3. The molecule has 0 radical (unpaired) electrons. The molecule has 1 aromatic carbocycles. The second-order valence-corrected chi connectivity index (χ2v) is 6.40. The molecule has 3 aromatic rings. The third-order valence-electron chi connectivity index (χ3n) is 3.22. The number of benzene rings is 1. The molecule has 0 aliphatic carbocycles. The van der Waals surface area contributed by atoms with Gasteiger partial charge in [0.2, 0.25) is 5.88 Å². The van der Waals surface area contributed by atoms with E-state index in [4.69, 9.17) is 4.74 Å². The Morgan fingerprint density at radius 3 is 2.59 bits per heavy atom. The van der Waals surface area contributed by atoms with Gasteiger partial charge in [0, 0.05) is 20.5 Å². The summed E-state index contributed by atoms with van der Waals surface area (Å²) in [5.74, 6) is 0.353. The van der Waals surface area contributed by atoms with Crippen LogP contribution in [-0.2, 0) is 0 Å². The van der Waals surface area contributed by atoms with Crippen molar-refractivity contribution in [3.8, 4) is 33.6 Å². The van der Waals surface area contributed by atoms with Gasteiger partial charge in [-0.05, 0) is 29.6 Å². The Morgan fingerprint density at radius 1 is 1.23 bits per heavy atom. The molecule has 22 heavy (non-hydrogen) atoms. The summed E-state index contributed by atoms with van der Waals surface area (Å²) in [5.41, 5.74) is 3.07. The van der Waals surface area contributed by atoms with Gasteiger partial charge in [-0.3, -0.25) is 0 Å². The zero-order chi connectivity index (χ0) is 15.5. The average Bonchev–Trinajstić information content (AvgIpc) is 3.08. The van der Waals surface area contributed by atoms with E-state index in [1.165, 1.54) is 7.11 Å². The first kappa shape index (κ1) is 14.8. The highest BCUT2D eigenvalue weighted by Crippen LogP contribution is 2.35. The number of thiophene rings is 1. The van der Waals surface area contributed by atoms with Gasteiger partial charge in [0.15, 0.2) is 0 Å². The summed E-state index contributed by atoms with van der Waals surface area (Å²) in [6.45, 7) is 0. The fourth-order valence-electron chi connectivity index (χ4n) is 2.17. The largest absolute Gasteiger partial charge is 0.480 e. The summed E-state index contributed by atoms with van der Waals surface area (Å²) >= 11 is 5.02. The van der Waals surface area contributed by atoms with Crippen LogP contribution in [0.4, 0.5) is 0 Å². The van der Waals surface area contributed by atoms with Gasteiger partial charge in [0.1, 0.15) is 11.6 Å². The number of pyridine rings is 1. The maximum absolute atomic E-state index is 9.46. The molecule has 0 spiro atoms. The van der Waals surface area contributed by atoms with Gasteiger partial charge in [-0.2, -0.15) is 5.26 Å². The molecule has 0 saturated heterocycles. The van der Waals surface area contributed by atoms with Gasteiger partial charge in [0.05, 0.1) is 12.8 Å². The van der Waals surface area contributed by atoms with Gasteiger partial charge in [0.25, 0.3) is 0 Å². The van der Waals surface area contributed by atoms with Crippen LogP contribution >= 0.6 is 27.3 Å². The Balaban J connectivity index is 2.23. The molecule has 0 aliphatic rings. The van der Waals surface area contributed by atoms with Crippen LogP contribution < -0.4 is 4.74 Å². The summed E-state index contributed by atoms with van der Waals surface area (Å²) in [4.78, 5) is 5.50. The van der Waals surface area contributed by atoms with Crippen molar-refractivity contribution in [3.63, 3.8) is 0 Å². The summed E-state index contributed by atoms with van der Waals surface area (Å²) in [5, 5.41) is 11.4. The van der Waals surface area contributed by atoms with Crippen LogP contribution in [0.1, 0.15) is 5.56 Å². The number of hydrogen-bond donors (Lipinski definition) is 0. The highest BCUT2D eigenvalue weighted by atomic mass is 79.9. The molecule has 0 aliphatic heterocycles. The Bertz CT molecular complexity index is 836. The zero-order valence-electron chi connectivity index (χ0n) is 11.7. The van der Waals surface area contributed by atoms with E-state index in [1.54, 1.807) is 11.3 Å². The van der Waals surface area contributed by atoms with Crippen LogP contribution in [0.3, 0.4) is 0 Å². The van der Waals surface area contributed by atoms with E-state index in [1.807, 2.05) is 47.8 Å². The van der Waals surface area contributed by atoms with E-state index < -0.39 is 0 Å². The van der Waals surface area contributed by atoms with Gasteiger partial charge < -0.3 is 4.74 Å². The molecule has 0 saturated carbocycles.